The molecular weight excluding hydrogens is 494 g/mol. The maximum absolute atomic E-state index is 14.7. The molecule has 0 aliphatic heterocycles. The highest BCUT2D eigenvalue weighted by Crippen LogP contribution is 2.50. The molecule has 11 heteroatoms. The van der Waals surface area contributed by atoms with Gasteiger partial charge in [0.25, 0.3) is 0 Å². The summed E-state index contributed by atoms with van der Waals surface area (Å²) in [5, 5.41) is 16.8. The van der Waals surface area contributed by atoms with E-state index < -0.39 is 35.2 Å². The van der Waals surface area contributed by atoms with E-state index in [4.69, 9.17) is 0 Å². The Morgan fingerprint density at radius 1 is 1.16 bits per heavy atom. The Labute approximate surface area is 209 Å². The van der Waals surface area contributed by atoms with Crippen molar-refractivity contribution in [1.82, 2.24) is 9.78 Å². The summed E-state index contributed by atoms with van der Waals surface area (Å²) in [5.74, 6) is -2.90. The summed E-state index contributed by atoms with van der Waals surface area (Å²) in [7, 11) is 0. The number of halogens is 4. The van der Waals surface area contributed by atoms with Crippen LogP contribution in [-0.2, 0) is 16.8 Å². The number of rotatable bonds is 8. The van der Waals surface area contributed by atoms with Gasteiger partial charge in [-0.15, -0.1) is 13.2 Å². The number of carbonyl (C=O) groups is 2. The lowest BCUT2D eigenvalue weighted by Gasteiger charge is -2.24. The van der Waals surface area contributed by atoms with Gasteiger partial charge in [-0.2, -0.15) is 5.10 Å². The minimum atomic E-state index is -4.97. The first-order chi connectivity index (χ1) is 17.5. The quantitative estimate of drug-likeness (QED) is 0.371. The second-order valence-electron chi connectivity index (χ2n) is 9.54. The molecule has 2 aliphatic rings. The fourth-order valence-electron chi connectivity index (χ4n) is 4.67. The molecule has 194 valence electrons. The SMILES string of the molecule is O=C(O)c1cc(NC(=O)C2(c3ccc(OC(F)(F)F)cc3F)CC2)ccc1-c1cnn(CC2CCC2)c1. The average molecular weight is 517 g/mol. The maximum atomic E-state index is 14.7. The molecule has 1 amide bonds. The van der Waals surface area contributed by atoms with E-state index in [1.807, 2.05) is 0 Å². The first-order valence-corrected chi connectivity index (χ1v) is 11.8. The van der Waals surface area contributed by atoms with Crippen molar-refractivity contribution in [1.29, 1.82) is 0 Å². The minimum absolute atomic E-state index is 0.0364. The van der Waals surface area contributed by atoms with E-state index >= 15 is 0 Å². The summed E-state index contributed by atoms with van der Waals surface area (Å²) in [6.45, 7) is 0.776. The molecule has 0 saturated heterocycles. The summed E-state index contributed by atoms with van der Waals surface area (Å²) in [5.41, 5.74) is -0.0591. The molecule has 2 fully saturated rings. The molecule has 0 radical (unpaired) electrons. The van der Waals surface area contributed by atoms with Gasteiger partial charge in [-0.05, 0) is 55.4 Å². The zero-order valence-electron chi connectivity index (χ0n) is 19.5. The largest absolute Gasteiger partial charge is 0.573 e. The number of benzene rings is 2. The van der Waals surface area contributed by atoms with Crippen molar-refractivity contribution < 1.29 is 37.0 Å². The van der Waals surface area contributed by atoms with E-state index in [0.29, 0.717) is 36.0 Å². The van der Waals surface area contributed by atoms with Gasteiger partial charge in [0.05, 0.1) is 17.2 Å². The number of carboxylic acids is 1. The van der Waals surface area contributed by atoms with Crippen molar-refractivity contribution >= 4 is 17.6 Å². The lowest BCUT2D eigenvalue weighted by molar-refractivity contribution is -0.274. The third-order valence-corrected chi connectivity index (χ3v) is 7.00. The van der Waals surface area contributed by atoms with Crippen LogP contribution < -0.4 is 10.1 Å². The molecule has 1 heterocycles. The van der Waals surface area contributed by atoms with Gasteiger partial charge in [0.15, 0.2) is 0 Å². The fraction of sp³-hybridized carbons (Fsp3) is 0.346. The Kier molecular flexibility index (Phi) is 6.17. The molecule has 5 rings (SSSR count). The van der Waals surface area contributed by atoms with Crippen molar-refractivity contribution in [3.63, 3.8) is 0 Å². The molecule has 2 N–H and O–H groups in total. The number of carbonyl (C=O) groups excluding carboxylic acids is 1. The van der Waals surface area contributed by atoms with Crippen LogP contribution in [0.15, 0.2) is 48.8 Å². The smallest absolute Gasteiger partial charge is 0.478 e. The van der Waals surface area contributed by atoms with Crippen LogP contribution in [0.1, 0.15) is 48.0 Å². The van der Waals surface area contributed by atoms with Crippen LogP contribution in [0.2, 0.25) is 0 Å². The highest BCUT2D eigenvalue weighted by atomic mass is 19.4. The number of carboxylic acid groups (broad SMARTS) is 1. The number of aromatic nitrogens is 2. The Balaban J connectivity index is 1.34. The van der Waals surface area contributed by atoms with Crippen LogP contribution in [0.25, 0.3) is 11.1 Å². The molecule has 1 aromatic heterocycles. The lowest BCUT2D eigenvalue weighted by atomic mass is 9.85. The number of hydrogen-bond donors (Lipinski definition) is 2. The van der Waals surface area contributed by atoms with Gasteiger partial charge >= 0.3 is 12.3 Å². The van der Waals surface area contributed by atoms with Crippen LogP contribution in [0.5, 0.6) is 5.75 Å². The number of ether oxygens (including phenoxy) is 1. The second-order valence-corrected chi connectivity index (χ2v) is 9.54. The molecule has 0 spiro atoms. The normalized spacial score (nSPS) is 16.6. The Morgan fingerprint density at radius 2 is 1.92 bits per heavy atom. The number of amides is 1. The van der Waals surface area contributed by atoms with Crippen molar-refractivity contribution in [2.45, 2.75) is 50.4 Å². The molecule has 2 aromatic carbocycles. The number of aromatic carboxylic acids is 1. The van der Waals surface area contributed by atoms with Gasteiger partial charge in [-0.3, -0.25) is 9.48 Å². The predicted octanol–water partition coefficient (Wildman–Crippen LogP) is 5.76. The van der Waals surface area contributed by atoms with Gasteiger partial charge in [0.2, 0.25) is 5.91 Å². The van der Waals surface area contributed by atoms with Crippen LogP contribution in [0.4, 0.5) is 23.2 Å². The topological polar surface area (TPSA) is 93.5 Å². The van der Waals surface area contributed by atoms with Gasteiger partial charge in [-0.25, -0.2) is 9.18 Å². The first-order valence-electron chi connectivity index (χ1n) is 11.8. The minimum Gasteiger partial charge on any atom is -0.478 e. The molecule has 0 unspecified atom stereocenters. The maximum Gasteiger partial charge on any atom is 0.573 e. The molecule has 2 saturated carbocycles. The Bertz CT molecular complexity index is 1360. The third-order valence-electron chi connectivity index (χ3n) is 7.00. The molecule has 3 aromatic rings. The number of hydrogen-bond acceptors (Lipinski definition) is 4. The number of nitrogens with one attached hydrogen (secondary N) is 1. The average Bonchev–Trinajstić information content (AvgIpc) is 3.46. The zero-order valence-corrected chi connectivity index (χ0v) is 19.5. The van der Waals surface area contributed by atoms with Crippen molar-refractivity contribution in [3.8, 4) is 16.9 Å². The number of anilines is 1. The standard InChI is InChI=1S/C26H23F4N3O4/c27-22-11-18(37-26(28,29)30)5-7-21(22)25(8-9-25)24(36)32-17-4-6-19(20(10-17)23(34)35)16-12-31-33(14-16)13-15-2-1-3-15/h4-7,10-12,14-15H,1-3,8-9,13H2,(H,32,36)(H,34,35). The van der Waals surface area contributed by atoms with E-state index in [9.17, 15) is 32.3 Å². The Morgan fingerprint density at radius 3 is 2.51 bits per heavy atom. The van der Waals surface area contributed by atoms with E-state index in [0.717, 1.165) is 31.5 Å². The van der Waals surface area contributed by atoms with E-state index in [1.54, 1.807) is 29.2 Å². The van der Waals surface area contributed by atoms with E-state index in [-0.39, 0.29) is 16.8 Å². The highest BCUT2D eigenvalue weighted by molar-refractivity contribution is 6.03. The summed E-state index contributed by atoms with van der Waals surface area (Å²) in [4.78, 5) is 25.1. The van der Waals surface area contributed by atoms with Gasteiger partial charge in [0.1, 0.15) is 11.6 Å². The number of alkyl halides is 3. The lowest BCUT2D eigenvalue weighted by Crippen LogP contribution is -2.29. The fourth-order valence-corrected chi connectivity index (χ4v) is 4.67. The third kappa shape index (κ3) is 5.16. The monoisotopic (exact) mass is 517 g/mol. The molecule has 37 heavy (non-hydrogen) atoms. The van der Waals surface area contributed by atoms with Crippen LogP contribution in [0.3, 0.4) is 0 Å². The van der Waals surface area contributed by atoms with Gasteiger partial charge < -0.3 is 15.2 Å². The van der Waals surface area contributed by atoms with Crippen LogP contribution in [0, 0.1) is 11.7 Å². The molecule has 2 aliphatic carbocycles. The molecule has 0 bridgehead atoms. The van der Waals surface area contributed by atoms with Crippen molar-refractivity contribution in [3.05, 3.63) is 65.7 Å². The van der Waals surface area contributed by atoms with E-state index in [2.05, 4.69) is 15.2 Å². The first kappa shape index (κ1) is 24.8. The molecular formula is C26H23F4N3O4. The molecule has 7 nitrogen and oxygen atoms in total. The second kappa shape index (κ2) is 9.20. The summed E-state index contributed by atoms with van der Waals surface area (Å²) < 4.78 is 57.5. The van der Waals surface area contributed by atoms with Crippen LogP contribution in [-0.4, -0.2) is 33.1 Å². The summed E-state index contributed by atoms with van der Waals surface area (Å²) >= 11 is 0. The predicted molar refractivity (Wildman–Crippen MR) is 125 cm³/mol. The van der Waals surface area contributed by atoms with Gasteiger partial charge in [0, 0.05) is 35.6 Å². The summed E-state index contributed by atoms with van der Waals surface area (Å²) in [6.07, 6.45) is 2.53. The Hall–Kier alpha value is -3.89. The highest BCUT2D eigenvalue weighted by Gasteiger charge is 2.53. The number of nitrogens with zero attached hydrogens (tertiary/aromatic N) is 2. The summed E-state index contributed by atoms with van der Waals surface area (Å²) in [6, 6.07) is 7.12. The molecule has 0 atom stereocenters. The van der Waals surface area contributed by atoms with Crippen molar-refractivity contribution in [2.24, 2.45) is 5.92 Å². The van der Waals surface area contributed by atoms with Crippen LogP contribution >= 0.6 is 0 Å². The zero-order chi connectivity index (χ0) is 26.4. The van der Waals surface area contributed by atoms with Gasteiger partial charge in [-0.1, -0.05) is 18.6 Å². The van der Waals surface area contributed by atoms with E-state index in [1.165, 1.54) is 12.5 Å². The van der Waals surface area contributed by atoms with Crippen molar-refractivity contribution in [2.75, 3.05) is 5.32 Å².